The molecule has 0 aliphatic heterocycles. The van der Waals surface area contributed by atoms with Gasteiger partial charge >= 0.3 is 27.1 Å². The molecule has 13 heteroatoms. The number of fused-ring (bicyclic) bond motifs is 5. The predicted molar refractivity (Wildman–Crippen MR) is 135 cm³/mol. The molecule has 4 rings (SSSR count). The van der Waals surface area contributed by atoms with Gasteiger partial charge in [-0.05, 0) is 92.9 Å². The first-order chi connectivity index (χ1) is 17.7. The summed E-state index contributed by atoms with van der Waals surface area (Å²) < 4.78 is 34.4. The Balaban J connectivity index is 1.53. The van der Waals surface area contributed by atoms with E-state index in [1.807, 2.05) is 12.1 Å². The number of esters is 2. The maximum Gasteiger partial charge on any atom is 0.340 e. The van der Waals surface area contributed by atoms with Crippen LogP contribution in [-0.4, -0.2) is 54.7 Å². The van der Waals surface area contributed by atoms with Crippen LogP contribution in [0.3, 0.4) is 0 Å². The summed E-state index contributed by atoms with van der Waals surface area (Å²) in [6.45, 7) is 3.41. The van der Waals surface area contributed by atoms with Gasteiger partial charge in [-0.15, -0.1) is 0 Å². The number of phenolic OH excluding ortho intramolecular Hbond substituents is 1. The summed E-state index contributed by atoms with van der Waals surface area (Å²) in [5.74, 6) is -2.90. The summed E-state index contributed by atoms with van der Waals surface area (Å²) >= 11 is 0. The van der Waals surface area contributed by atoms with E-state index < -0.39 is 51.0 Å². The van der Waals surface area contributed by atoms with Crippen molar-refractivity contribution in [3.05, 3.63) is 29.3 Å². The van der Waals surface area contributed by atoms with Gasteiger partial charge in [-0.2, -0.15) is 0 Å². The standard InChI is InChI=1S/C25H36O11P2/c1-3-35-23(27)19(13-22(37(29,30)31)38(32,33)34)24(28)36-21-9-8-20-18-6-4-14-12-15(26)5-7-16(14)17(18)10-11-25(20,21)2/h5,7,12,17-22,26H,3-4,6,8-11,13H2,1-2H3,(H2,29,30,31)(H2,32,33,34)/t17-,18-,19?,20+,21+,25+/m1/s1. The van der Waals surface area contributed by atoms with E-state index in [0.717, 1.165) is 37.7 Å². The van der Waals surface area contributed by atoms with E-state index in [9.17, 15) is 43.4 Å². The summed E-state index contributed by atoms with van der Waals surface area (Å²) in [5.41, 5.74) is 2.04. The van der Waals surface area contributed by atoms with Crippen molar-refractivity contribution in [3.63, 3.8) is 0 Å². The molecular formula is C25H36O11P2. The quantitative estimate of drug-likeness (QED) is 0.174. The van der Waals surface area contributed by atoms with Crippen molar-refractivity contribution in [2.75, 3.05) is 6.61 Å². The van der Waals surface area contributed by atoms with Gasteiger partial charge in [-0.1, -0.05) is 13.0 Å². The number of rotatable bonds is 8. The van der Waals surface area contributed by atoms with Crippen LogP contribution < -0.4 is 0 Å². The fourth-order valence-corrected chi connectivity index (χ4v) is 9.69. The fraction of sp³-hybridized carbons (Fsp3) is 0.680. The van der Waals surface area contributed by atoms with Gasteiger partial charge in [0.15, 0.2) is 11.3 Å². The van der Waals surface area contributed by atoms with Gasteiger partial charge in [0, 0.05) is 5.41 Å². The first kappa shape index (κ1) is 29.2. The van der Waals surface area contributed by atoms with Crippen LogP contribution >= 0.6 is 15.2 Å². The van der Waals surface area contributed by atoms with Crippen molar-refractivity contribution in [2.45, 2.75) is 76.2 Å². The minimum Gasteiger partial charge on any atom is -0.508 e. The molecule has 0 spiro atoms. The van der Waals surface area contributed by atoms with Crippen molar-refractivity contribution < 1.29 is 52.9 Å². The van der Waals surface area contributed by atoms with E-state index in [4.69, 9.17) is 9.47 Å². The fourth-order valence-electron chi connectivity index (χ4n) is 7.15. The molecule has 0 saturated heterocycles. The Hall–Kier alpha value is -1.74. The number of aryl methyl sites for hydroxylation is 1. The maximum atomic E-state index is 13.2. The Morgan fingerprint density at radius 3 is 2.37 bits per heavy atom. The second kappa shape index (κ2) is 10.7. The average Bonchev–Trinajstić information content (AvgIpc) is 3.13. The minimum atomic E-state index is -5.36. The molecule has 0 amide bonds. The third-order valence-corrected chi connectivity index (χ3v) is 12.7. The number of ether oxygens (including phenoxy) is 2. The number of carbonyl (C=O) groups excluding carboxylic acids is 2. The molecule has 1 aromatic rings. The number of aromatic hydroxyl groups is 1. The third-order valence-electron chi connectivity index (χ3n) is 8.96. The highest BCUT2D eigenvalue weighted by atomic mass is 31.2. The van der Waals surface area contributed by atoms with E-state index in [2.05, 4.69) is 6.92 Å². The first-order valence-corrected chi connectivity index (χ1v) is 16.3. The van der Waals surface area contributed by atoms with Crippen LogP contribution in [0.2, 0.25) is 0 Å². The molecule has 2 saturated carbocycles. The average molecular weight is 575 g/mol. The van der Waals surface area contributed by atoms with Crippen LogP contribution in [0.5, 0.6) is 5.75 Å². The van der Waals surface area contributed by atoms with Gasteiger partial charge in [-0.3, -0.25) is 18.7 Å². The number of carbonyl (C=O) groups is 2. The lowest BCUT2D eigenvalue weighted by molar-refractivity contribution is -0.171. The summed E-state index contributed by atoms with van der Waals surface area (Å²) in [6.07, 6.45) is 3.13. The van der Waals surface area contributed by atoms with Crippen LogP contribution in [-0.2, 0) is 34.6 Å². The molecule has 3 aliphatic carbocycles. The van der Waals surface area contributed by atoms with Gasteiger partial charge in [0.25, 0.3) is 0 Å². The number of phenols is 1. The topological polar surface area (TPSA) is 188 Å². The summed E-state index contributed by atoms with van der Waals surface area (Å²) in [7, 11) is -10.7. The Labute approximate surface area is 221 Å². The molecule has 0 aromatic heterocycles. The van der Waals surface area contributed by atoms with Crippen LogP contribution in [0.15, 0.2) is 18.2 Å². The number of hydrogen-bond donors (Lipinski definition) is 5. The molecule has 5 N–H and O–H groups in total. The lowest BCUT2D eigenvalue weighted by Crippen LogP contribution is -2.46. The minimum absolute atomic E-state index is 0.134. The normalized spacial score (nSPS) is 29.7. The SMILES string of the molecule is CCOC(=O)C(CC(P(=O)(O)O)P(=O)(O)O)C(=O)O[C@H]1CC[C@H]2[C@@H]3CCc4cc(O)ccc4[C@H]3CC[C@]12C. The number of hydrogen-bond acceptors (Lipinski definition) is 7. The monoisotopic (exact) mass is 574 g/mol. The molecule has 11 nitrogen and oxygen atoms in total. The van der Waals surface area contributed by atoms with E-state index in [1.54, 1.807) is 6.07 Å². The number of benzene rings is 1. The predicted octanol–water partition coefficient (Wildman–Crippen LogP) is 3.41. The molecule has 38 heavy (non-hydrogen) atoms. The van der Waals surface area contributed by atoms with E-state index in [-0.39, 0.29) is 23.7 Å². The molecule has 1 unspecified atom stereocenters. The largest absolute Gasteiger partial charge is 0.508 e. The molecule has 0 heterocycles. The summed E-state index contributed by atoms with van der Waals surface area (Å²) in [5, 5.41) is 7.36. The molecule has 6 atom stereocenters. The zero-order chi connectivity index (χ0) is 28.0. The highest BCUT2D eigenvalue weighted by Gasteiger charge is 2.57. The molecule has 0 radical (unpaired) electrons. The highest BCUT2D eigenvalue weighted by molar-refractivity contribution is 7.70. The van der Waals surface area contributed by atoms with Crippen molar-refractivity contribution in [2.24, 2.45) is 23.2 Å². The Morgan fingerprint density at radius 1 is 1.05 bits per heavy atom. The Bertz CT molecular complexity index is 1150. The van der Waals surface area contributed by atoms with E-state index >= 15 is 0 Å². The highest BCUT2D eigenvalue weighted by Crippen LogP contribution is 2.63. The maximum absolute atomic E-state index is 13.2. The van der Waals surface area contributed by atoms with Crippen LogP contribution in [0, 0.1) is 23.2 Å². The Morgan fingerprint density at radius 2 is 1.74 bits per heavy atom. The van der Waals surface area contributed by atoms with Gasteiger partial charge < -0.3 is 34.2 Å². The van der Waals surface area contributed by atoms with Gasteiger partial charge in [0.2, 0.25) is 0 Å². The van der Waals surface area contributed by atoms with Gasteiger partial charge in [0.05, 0.1) is 6.61 Å². The van der Waals surface area contributed by atoms with Crippen molar-refractivity contribution >= 4 is 27.1 Å². The summed E-state index contributed by atoms with van der Waals surface area (Å²) in [6, 6.07) is 5.54. The molecular weight excluding hydrogens is 538 g/mol. The molecule has 0 bridgehead atoms. The third kappa shape index (κ3) is 5.60. The second-order valence-corrected chi connectivity index (χ2v) is 15.1. The van der Waals surface area contributed by atoms with Crippen LogP contribution in [0.1, 0.15) is 69.4 Å². The smallest absolute Gasteiger partial charge is 0.340 e. The Kier molecular flexibility index (Phi) is 8.22. The van der Waals surface area contributed by atoms with E-state index in [0.29, 0.717) is 18.3 Å². The summed E-state index contributed by atoms with van der Waals surface area (Å²) in [4.78, 5) is 64.0. The van der Waals surface area contributed by atoms with Crippen molar-refractivity contribution in [1.82, 2.24) is 0 Å². The lowest BCUT2D eigenvalue weighted by atomic mass is 9.55. The van der Waals surface area contributed by atoms with Crippen molar-refractivity contribution in [3.8, 4) is 5.75 Å². The molecule has 3 aliphatic rings. The van der Waals surface area contributed by atoms with Gasteiger partial charge in [-0.25, -0.2) is 0 Å². The first-order valence-electron chi connectivity index (χ1n) is 13.0. The van der Waals surface area contributed by atoms with Gasteiger partial charge in [0.1, 0.15) is 11.9 Å². The van der Waals surface area contributed by atoms with Crippen LogP contribution in [0.4, 0.5) is 0 Å². The zero-order valence-corrected chi connectivity index (χ0v) is 23.2. The van der Waals surface area contributed by atoms with Crippen molar-refractivity contribution in [1.29, 1.82) is 0 Å². The second-order valence-electron chi connectivity index (χ2n) is 11.0. The van der Waals surface area contributed by atoms with E-state index in [1.165, 1.54) is 12.5 Å². The molecule has 212 valence electrons. The zero-order valence-electron chi connectivity index (χ0n) is 21.4. The van der Waals surface area contributed by atoms with Crippen LogP contribution in [0.25, 0.3) is 0 Å². The lowest BCUT2D eigenvalue weighted by Gasteiger charge is -2.50. The molecule has 1 aromatic carbocycles. The molecule has 2 fully saturated rings.